The standard InChI is InChI=1S/C10H9BrFNO/c1-5-2-10(14)13-9-4-7(11)8(12)3-6(5)9/h2,4,8H,3H2,1H3,(H,13,14)/t8-/m0/s1. The third-order valence-electron chi connectivity index (χ3n) is 2.37. The number of alkyl halides is 1. The SMILES string of the molecule is Cc1cc(=O)[nH]c2c1C[C@H](F)C(Br)=C2. The van der Waals surface area contributed by atoms with Gasteiger partial charge in [0.2, 0.25) is 5.56 Å². The summed E-state index contributed by atoms with van der Waals surface area (Å²) in [5, 5.41) is 0. The first-order valence-electron chi connectivity index (χ1n) is 4.32. The second-order valence-electron chi connectivity index (χ2n) is 3.41. The highest BCUT2D eigenvalue weighted by Gasteiger charge is 2.21. The molecule has 14 heavy (non-hydrogen) atoms. The number of pyridine rings is 1. The first kappa shape index (κ1) is 9.65. The monoisotopic (exact) mass is 257 g/mol. The summed E-state index contributed by atoms with van der Waals surface area (Å²) in [6.45, 7) is 1.83. The molecule has 74 valence electrons. The van der Waals surface area contributed by atoms with E-state index in [0.29, 0.717) is 10.9 Å². The molecule has 0 radical (unpaired) electrons. The lowest BCUT2D eigenvalue weighted by Crippen LogP contribution is -2.18. The van der Waals surface area contributed by atoms with Gasteiger partial charge in [-0.2, -0.15) is 0 Å². The van der Waals surface area contributed by atoms with Gasteiger partial charge in [0.25, 0.3) is 0 Å². The molecular formula is C10H9BrFNO. The van der Waals surface area contributed by atoms with E-state index in [4.69, 9.17) is 0 Å². The highest BCUT2D eigenvalue weighted by molar-refractivity contribution is 9.11. The third-order valence-corrected chi connectivity index (χ3v) is 3.10. The largest absolute Gasteiger partial charge is 0.322 e. The Kier molecular flexibility index (Phi) is 2.31. The lowest BCUT2D eigenvalue weighted by Gasteiger charge is -2.17. The molecule has 0 spiro atoms. The maximum atomic E-state index is 13.3. The minimum Gasteiger partial charge on any atom is -0.322 e. The summed E-state index contributed by atoms with van der Waals surface area (Å²) in [7, 11) is 0. The van der Waals surface area contributed by atoms with E-state index in [2.05, 4.69) is 20.9 Å². The summed E-state index contributed by atoms with van der Waals surface area (Å²) < 4.78 is 13.8. The van der Waals surface area contributed by atoms with Crippen molar-refractivity contribution in [2.75, 3.05) is 0 Å². The van der Waals surface area contributed by atoms with Crippen LogP contribution in [0.3, 0.4) is 0 Å². The lowest BCUT2D eigenvalue weighted by molar-refractivity contribution is 0.392. The van der Waals surface area contributed by atoms with Gasteiger partial charge in [-0.05, 0) is 24.1 Å². The molecule has 2 nitrogen and oxygen atoms in total. The minimum atomic E-state index is -0.993. The number of halogens is 2. The van der Waals surface area contributed by atoms with Crippen molar-refractivity contribution in [3.63, 3.8) is 0 Å². The third kappa shape index (κ3) is 1.54. The molecule has 0 bridgehead atoms. The van der Waals surface area contributed by atoms with Gasteiger partial charge in [-0.3, -0.25) is 4.79 Å². The quantitative estimate of drug-likeness (QED) is 0.761. The summed E-state index contributed by atoms with van der Waals surface area (Å²) in [5.74, 6) is 0. The average Bonchev–Trinajstić information content (AvgIpc) is 2.08. The van der Waals surface area contributed by atoms with Gasteiger partial charge in [-0.25, -0.2) is 4.39 Å². The number of aryl methyl sites for hydroxylation is 1. The molecule has 0 unspecified atom stereocenters. The summed E-state index contributed by atoms with van der Waals surface area (Å²) >= 11 is 3.14. The molecule has 2 rings (SSSR count). The summed E-state index contributed by atoms with van der Waals surface area (Å²) in [6, 6.07) is 1.50. The molecule has 4 heteroatoms. The van der Waals surface area contributed by atoms with Crippen molar-refractivity contribution >= 4 is 22.0 Å². The zero-order chi connectivity index (χ0) is 10.3. The summed E-state index contributed by atoms with van der Waals surface area (Å²) in [5.41, 5.74) is 2.31. The van der Waals surface area contributed by atoms with Crippen LogP contribution in [-0.4, -0.2) is 11.2 Å². The van der Waals surface area contributed by atoms with Gasteiger partial charge in [0.1, 0.15) is 6.17 Å². The van der Waals surface area contributed by atoms with E-state index in [1.54, 1.807) is 6.08 Å². The summed E-state index contributed by atoms with van der Waals surface area (Å²) in [4.78, 5) is 13.8. The van der Waals surface area contributed by atoms with Gasteiger partial charge in [0, 0.05) is 22.7 Å². The average molecular weight is 258 g/mol. The molecule has 0 saturated carbocycles. The number of hydrogen-bond donors (Lipinski definition) is 1. The highest BCUT2D eigenvalue weighted by Crippen LogP contribution is 2.29. The fourth-order valence-electron chi connectivity index (χ4n) is 1.64. The Balaban J connectivity index is 2.65. The van der Waals surface area contributed by atoms with Crippen molar-refractivity contribution in [1.29, 1.82) is 0 Å². The van der Waals surface area contributed by atoms with Crippen molar-refractivity contribution in [2.24, 2.45) is 0 Å². The normalized spacial score (nSPS) is 20.2. The fraction of sp³-hybridized carbons (Fsp3) is 0.300. The van der Waals surface area contributed by atoms with E-state index in [9.17, 15) is 9.18 Å². The van der Waals surface area contributed by atoms with Crippen molar-refractivity contribution in [3.8, 4) is 0 Å². The van der Waals surface area contributed by atoms with Crippen molar-refractivity contribution in [3.05, 3.63) is 37.7 Å². The Morgan fingerprint density at radius 1 is 1.64 bits per heavy atom. The van der Waals surface area contributed by atoms with Gasteiger partial charge in [0.15, 0.2) is 0 Å². The number of nitrogens with one attached hydrogen (secondary N) is 1. The zero-order valence-corrected chi connectivity index (χ0v) is 9.19. The van der Waals surface area contributed by atoms with Crippen LogP contribution in [0.5, 0.6) is 0 Å². The molecule has 1 atom stereocenters. The summed E-state index contributed by atoms with van der Waals surface area (Å²) in [6.07, 6.45) is 0.972. The van der Waals surface area contributed by atoms with Crippen molar-refractivity contribution in [1.82, 2.24) is 4.98 Å². The molecule has 0 saturated heterocycles. The Hall–Kier alpha value is -0.900. The molecule has 0 amide bonds. The molecule has 1 aliphatic rings. The molecule has 0 aromatic carbocycles. The maximum Gasteiger partial charge on any atom is 0.248 e. The number of H-pyrrole nitrogens is 1. The topological polar surface area (TPSA) is 32.9 Å². The van der Waals surface area contributed by atoms with Gasteiger partial charge in [0.05, 0.1) is 0 Å². The van der Waals surface area contributed by atoms with E-state index < -0.39 is 6.17 Å². The predicted molar refractivity (Wildman–Crippen MR) is 57.3 cm³/mol. The molecule has 0 aliphatic heterocycles. The van der Waals surface area contributed by atoms with Crippen LogP contribution in [-0.2, 0) is 6.42 Å². The zero-order valence-electron chi connectivity index (χ0n) is 7.60. The van der Waals surface area contributed by atoms with E-state index in [1.807, 2.05) is 6.92 Å². The van der Waals surface area contributed by atoms with Crippen LogP contribution < -0.4 is 5.56 Å². The minimum absolute atomic E-state index is 0.143. The maximum absolute atomic E-state index is 13.3. The van der Waals surface area contributed by atoms with E-state index in [-0.39, 0.29) is 5.56 Å². The highest BCUT2D eigenvalue weighted by atomic mass is 79.9. The second-order valence-corrected chi connectivity index (χ2v) is 4.33. The number of fused-ring (bicyclic) bond motifs is 1. The number of rotatable bonds is 0. The van der Waals surface area contributed by atoms with Crippen LogP contribution in [0.15, 0.2) is 15.3 Å². The lowest BCUT2D eigenvalue weighted by atomic mass is 9.97. The second kappa shape index (κ2) is 3.35. The van der Waals surface area contributed by atoms with Gasteiger partial charge < -0.3 is 4.98 Å². The van der Waals surface area contributed by atoms with Crippen LogP contribution >= 0.6 is 15.9 Å². The van der Waals surface area contributed by atoms with Gasteiger partial charge in [-0.15, -0.1) is 0 Å². The van der Waals surface area contributed by atoms with E-state index >= 15 is 0 Å². The van der Waals surface area contributed by atoms with Crippen molar-refractivity contribution in [2.45, 2.75) is 19.5 Å². The van der Waals surface area contributed by atoms with E-state index in [1.165, 1.54) is 6.07 Å². The van der Waals surface area contributed by atoms with Crippen molar-refractivity contribution < 1.29 is 4.39 Å². The number of aromatic nitrogens is 1. The van der Waals surface area contributed by atoms with Crippen LogP contribution in [0.4, 0.5) is 4.39 Å². The molecule has 1 N–H and O–H groups in total. The molecule has 0 fully saturated rings. The van der Waals surface area contributed by atoms with Crippen LogP contribution in [0.25, 0.3) is 6.08 Å². The predicted octanol–water partition coefficient (Wildman–Crippen LogP) is 2.31. The molecule has 1 aromatic rings. The fourth-order valence-corrected chi connectivity index (χ4v) is 2.03. The first-order chi connectivity index (χ1) is 6.58. The Morgan fingerprint density at radius 3 is 3.07 bits per heavy atom. The smallest absolute Gasteiger partial charge is 0.248 e. The van der Waals surface area contributed by atoms with E-state index in [0.717, 1.165) is 16.8 Å². The number of hydrogen-bond acceptors (Lipinski definition) is 1. The Labute approximate surface area is 89.0 Å². The molecular weight excluding hydrogens is 249 g/mol. The number of aromatic amines is 1. The number of allylic oxidation sites excluding steroid dienone is 1. The first-order valence-corrected chi connectivity index (χ1v) is 5.11. The van der Waals surface area contributed by atoms with Crippen LogP contribution in [0.1, 0.15) is 16.8 Å². The van der Waals surface area contributed by atoms with Gasteiger partial charge >= 0.3 is 0 Å². The molecule has 1 aliphatic carbocycles. The van der Waals surface area contributed by atoms with Crippen LogP contribution in [0.2, 0.25) is 0 Å². The van der Waals surface area contributed by atoms with Crippen LogP contribution in [0, 0.1) is 6.92 Å². The van der Waals surface area contributed by atoms with Gasteiger partial charge in [-0.1, -0.05) is 15.9 Å². The molecule has 1 aromatic heterocycles. The Bertz CT molecular complexity index is 464. The Morgan fingerprint density at radius 2 is 2.36 bits per heavy atom. The molecule has 1 heterocycles.